The summed E-state index contributed by atoms with van der Waals surface area (Å²) in [6.07, 6.45) is 2.50. The fourth-order valence-electron chi connectivity index (χ4n) is 3.22. The summed E-state index contributed by atoms with van der Waals surface area (Å²) in [4.78, 5) is 2.41. The maximum Gasteiger partial charge on any atom is 0.0579 e. The lowest BCUT2D eigenvalue weighted by Crippen LogP contribution is -2.45. The third-order valence-corrected chi connectivity index (χ3v) is 4.62. The highest BCUT2D eigenvalue weighted by Crippen LogP contribution is 2.25. The van der Waals surface area contributed by atoms with Crippen LogP contribution in [0.25, 0.3) is 0 Å². The van der Waals surface area contributed by atoms with Crippen LogP contribution in [0.4, 0.5) is 0 Å². The minimum atomic E-state index is 0.218. The highest BCUT2D eigenvalue weighted by molar-refractivity contribution is 6.30. The molecule has 0 bridgehead atoms. The molecule has 3 heteroatoms. The number of hydrogen-bond donors (Lipinski definition) is 1. The first-order chi connectivity index (χ1) is 10.7. The third-order valence-electron chi connectivity index (χ3n) is 4.36. The average molecular weight is 315 g/mol. The predicted octanol–water partition coefficient (Wildman–Crippen LogP) is 4.11. The highest BCUT2D eigenvalue weighted by atomic mass is 35.5. The smallest absolute Gasteiger partial charge is 0.0579 e. The van der Waals surface area contributed by atoms with Crippen LogP contribution in [0.15, 0.2) is 54.6 Å². The van der Waals surface area contributed by atoms with Gasteiger partial charge in [-0.05, 0) is 49.7 Å². The van der Waals surface area contributed by atoms with Crippen LogP contribution >= 0.6 is 11.6 Å². The number of hydrogen-bond acceptors (Lipinski definition) is 2. The Hall–Kier alpha value is -1.35. The van der Waals surface area contributed by atoms with Gasteiger partial charge in [-0.1, -0.05) is 54.1 Å². The van der Waals surface area contributed by atoms with Gasteiger partial charge in [-0.25, -0.2) is 0 Å². The van der Waals surface area contributed by atoms with Crippen LogP contribution in [0.1, 0.15) is 30.0 Å². The van der Waals surface area contributed by atoms with Gasteiger partial charge in [0.1, 0.15) is 0 Å². The van der Waals surface area contributed by atoms with Crippen molar-refractivity contribution < 1.29 is 0 Å². The molecule has 1 aliphatic heterocycles. The predicted molar refractivity (Wildman–Crippen MR) is 93.4 cm³/mol. The molecule has 0 saturated carbocycles. The van der Waals surface area contributed by atoms with Gasteiger partial charge < -0.3 is 10.2 Å². The molecule has 0 spiro atoms. The topological polar surface area (TPSA) is 15.3 Å². The fourth-order valence-corrected chi connectivity index (χ4v) is 3.35. The summed E-state index contributed by atoms with van der Waals surface area (Å²) in [6.45, 7) is 2.31. The van der Waals surface area contributed by atoms with Gasteiger partial charge >= 0.3 is 0 Å². The molecule has 1 aliphatic rings. The highest BCUT2D eigenvalue weighted by Gasteiger charge is 2.22. The number of likely N-dealkylation sites (N-methyl/N-ethyl adjacent to an activating group) is 1. The van der Waals surface area contributed by atoms with Gasteiger partial charge in [0.15, 0.2) is 0 Å². The molecule has 0 aliphatic carbocycles. The van der Waals surface area contributed by atoms with Crippen molar-refractivity contribution in [3.05, 3.63) is 70.7 Å². The Morgan fingerprint density at radius 1 is 1.05 bits per heavy atom. The summed E-state index contributed by atoms with van der Waals surface area (Å²) in [5.41, 5.74) is 2.57. The minimum absolute atomic E-state index is 0.218. The lowest BCUT2D eigenvalue weighted by atomic mass is 9.96. The van der Waals surface area contributed by atoms with Crippen molar-refractivity contribution in [3.63, 3.8) is 0 Å². The Kier molecular flexibility index (Phi) is 5.14. The largest absolute Gasteiger partial charge is 0.305 e. The summed E-state index contributed by atoms with van der Waals surface area (Å²) < 4.78 is 0. The van der Waals surface area contributed by atoms with E-state index in [1.807, 2.05) is 12.1 Å². The van der Waals surface area contributed by atoms with Crippen molar-refractivity contribution in [2.75, 3.05) is 20.1 Å². The van der Waals surface area contributed by atoms with Crippen molar-refractivity contribution in [2.24, 2.45) is 0 Å². The fraction of sp³-hybridized carbons (Fsp3) is 0.368. The van der Waals surface area contributed by atoms with Crippen LogP contribution < -0.4 is 5.32 Å². The maximum absolute atomic E-state index is 6.05. The van der Waals surface area contributed by atoms with Crippen molar-refractivity contribution in [3.8, 4) is 0 Å². The number of likely N-dealkylation sites (tertiary alicyclic amines) is 1. The lowest BCUT2D eigenvalue weighted by molar-refractivity contribution is 0.221. The molecule has 1 saturated heterocycles. The molecule has 0 amide bonds. The SMILES string of the molecule is CN1CCC[C@@H](N[C@@H](c2ccccc2)c2ccc(Cl)cc2)C1. The van der Waals surface area contributed by atoms with Crippen molar-refractivity contribution in [2.45, 2.75) is 24.9 Å². The van der Waals surface area contributed by atoms with Crippen molar-refractivity contribution >= 4 is 11.6 Å². The molecule has 1 heterocycles. The molecule has 0 aromatic heterocycles. The second kappa shape index (κ2) is 7.28. The second-order valence-electron chi connectivity index (χ2n) is 6.16. The molecule has 1 N–H and O–H groups in total. The zero-order valence-corrected chi connectivity index (χ0v) is 13.8. The van der Waals surface area contributed by atoms with Crippen LogP contribution in [-0.2, 0) is 0 Å². The van der Waals surface area contributed by atoms with Gasteiger partial charge in [0.25, 0.3) is 0 Å². The molecule has 2 aromatic carbocycles. The van der Waals surface area contributed by atoms with E-state index in [-0.39, 0.29) is 6.04 Å². The van der Waals surface area contributed by atoms with Gasteiger partial charge in [0.05, 0.1) is 6.04 Å². The first-order valence-corrected chi connectivity index (χ1v) is 8.35. The van der Waals surface area contributed by atoms with Gasteiger partial charge in [-0.15, -0.1) is 0 Å². The number of halogens is 1. The standard InChI is InChI=1S/C19H23ClN2/c1-22-13-5-8-18(14-22)21-19(15-6-3-2-4-7-15)16-9-11-17(20)12-10-16/h2-4,6-7,9-12,18-19,21H,5,8,13-14H2,1H3/t18-,19+/m1/s1. The first-order valence-electron chi connectivity index (χ1n) is 7.97. The van der Waals surface area contributed by atoms with E-state index in [4.69, 9.17) is 11.6 Å². The Labute approximate surface area is 138 Å². The minimum Gasteiger partial charge on any atom is -0.305 e. The second-order valence-corrected chi connectivity index (χ2v) is 6.60. The summed E-state index contributed by atoms with van der Waals surface area (Å²) in [6, 6.07) is 19.6. The van der Waals surface area contributed by atoms with E-state index in [0.29, 0.717) is 6.04 Å². The zero-order valence-electron chi connectivity index (χ0n) is 13.0. The molecular weight excluding hydrogens is 292 g/mol. The molecule has 22 heavy (non-hydrogen) atoms. The van der Waals surface area contributed by atoms with Crippen LogP contribution in [0.3, 0.4) is 0 Å². The Morgan fingerprint density at radius 3 is 2.41 bits per heavy atom. The molecule has 116 valence electrons. The molecule has 2 nitrogen and oxygen atoms in total. The van der Waals surface area contributed by atoms with Crippen LogP contribution in [-0.4, -0.2) is 31.1 Å². The molecular formula is C19H23ClN2. The van der Waals surface area contributed by atoms with E-state index < -0.39 is 0 Å². The number of nitrogens with one attached hydrogen (secondary N) is 1. The van der Waals surface area contributed by atoms with E-state index in [9.17, 15) is 0 Å². The lowest BCUT2D eigenvalue weighted by Gasteiger charge is -2.33. The van der Waals surface area contributed by atoms with E-state index >= 15 is 0 Å². The third kappa shape index (κ3) is 3.89. The Morgan fingerprint density at radius 2 is 1.73 bits per heavy atom. The van der Waals surface area contributed by atoms with Gasteiger partial charge in [-0.2, -0.15) is 0 Å². The van der Waals surface area contributed by atoms with Crippen LogP contribution in [0.5, 0.6) is 0 Å². The summed E-state index contributed by atoms with van der Waals surface area (Å²) in [7, 11) is 2.20. The number of piperidine rings is 1. The molecule has 2 aromatic rings. The van der Waals surface area contributed by atoms with Crippen molar-refractivity contribution in [1.29, 1.82) is 0 Å². The summed E-state index contributed by atoms with van der Waals surface area (Å²) >= 11 is 6.05. The van der Waals surface area contributed by atoms with Gasteiger partial charge in [0.2, 0.25) is 0 Å². The maximum atomic E-state index is 6.05. The molecule has 2 atom stereocenters. The van der Waals surface area contributed by atoms with E-state index in [2.05, 4.69) is 59.7 Å². The number of rotatable bonds is 4. The molecule has 0 unspecified atom stereocenters. The molecule has 0 radical (unpaired) electrons. The van der Waals surface area contributed by atoms with Crippen LogP contribution in [0.2, 0.25) is 5.02 Å². The van der Waals surface area contributed by atoms with E-state index in [1.54, 1.807) is 0 Å². The summed E-state index contributed by atoms with van der Waals surface area (Å²) in [5.74, 6) is 0. The number of nitrogens with zero attached hydrogens (tertiary/aromatic N) is 1. The van der Waals surface area contributed by atoms with Crippen molar-refractivity contribution in [1.82, 2.24) is 10.2 Å². The normalized spacial score (nSPS) is 20.7. The average Bonchev–Trinajstić information content (AvgIpc) is 2.55. The number of benzene rings is 2. The van der Waals surface area contributed by atoms with E-state index in [0.717, 1.165) is 11.6 Å². The monoisotopic (exact) mass is 314 g/mol. The van der Waals surface area contributed by atoms with E-state index in [1.165, 1.54) is 30.5 Å². The Balaban J connectivity index is 1.84. The zero-order chi connectivity index (χ0) is 15.4. The quantitative estimate of drug-likeness (QED) is 0.913. The van der Waals surface area contributed by atoms with Gasteiger partial charge in [-0.3, -0.25) is 0 Å². The van der Waals surface area contributed by atoms with Gasteiger partial charge in [0, 0.05) is 17.6 Å². The molecule has 1 fully saturated rings. The van der Waals surface area contributed by atoms with Crippen LogP contribution in [0, 0.1) is 0 Å². The Bertz CT molecular complexity index is 582. The summed E-state index contributed by atoms with van der Waals surface area (Å²) in [5, 5.41) is 4.64. The molecule has 3 rings (SSSR count). The first kappa shape index (κ1) is 15.5.